The number of likely N-dealkylation sites (tertiary alicyclic amines) is 1. The van der Waals surface area contributed by atoms with Gasteiger partial charge in [-0.25, -0.2) is 4.98 Å². The Morgan fingerprint density at radius 1 is 1.27 bits per heavy atom. The van der Waals surface area contributed by atoms with Gasteiger partial charge in [0.1, 0.15) is 12.0 Å². The van der Waals surface area contributed by atoms with E-state index >= 15 is 0 Å². The lowest BCUT2D eigenvalue weighted by atomic mass is 9.93. The van der Waals surface area contributed by atoms with Crippen LogP contribution in [0.25, 0.3) is 11.3 Å². The predicted molar refractivity (Wildman–Crippen MR) is 104 cm³/mol. The molecule has 4 rings (SSSR count). The molecule has 2 aromatic heterocycles. The fourth-order valence-corrected chi connectivity index (χ4v) is 4.09. The number of aliphatic hydroxyl groups is 1. The van der Waals surface area contributed by atoms with E-state index in [1.807, 2.05) is 4.90 Å². The van der Waals surface area contributed by atoms with Crippen molar-refractivity contribution in [2.45, 2.75) is 30.4 Å². The second-order valence-electron chi connectivity index (χ2n) is 7.90. The van der Waals surface area contributed by atoms with Gasteiger partial charge >= 0.3 is 11.8 Å². The van der Waals surface area contributed by atoms with Gasteiger partial charge in [-0.2, -0.15) is 22.7 Å². The Bertz CT molecular complexity index is 931. The highest BCUT2D eigenvalue weighted by atomic mass is 19.3. The highest BCUT2D eigenvalue weighted by molar-refractivity contribution is 5.68. The van der Waals surface area contributed by atoms with Crippen molar-refractivity contribution in [3.05, 3.63) is 42.7 Å². The molecule has 2 aliphatic rings. The molecule has 2 aliphatic heterocycles. The van der Waals surface area contributed by atoms with E-state index in [4.69, 9.17) is 0 Å². The van der Waals surface area contributed by atoms with Crippen LogP contribution in [0.5, 0.6) is 0 Å². The summed E-state index contributed by atoms with van der Waals surface area (Å²) in [4.78, 5) is 7.03. The lowest BCUT2D eigenvalue weighted by Gasteiger charge is -2.22. The highest BCUT2D eigenvalue weighted by Gasteiger charge is 2.63. The molecule has 0 saturated carbocycles. The van der Waals surface area contributed by atoms with Crippen molar-refractivity contribution in [1.29, 1.82) is 0 Å². The minimum absolute atomic E-state index is 0.0274. The summed E-state index contributed by atoms with van der Waals surface area (Å²) in [5.41, 5.74) is 2.12. The van der Waals surface area contributed by atoms with Crippen LogP contribution in [-0.4, -0.2) is 69.0 Å². The minimum Gasteiger partial charge on any atom is -0.375 e. The Morgan fingerprint density at radius 3 is 2.57 bits per heavy atom. The molecule has 30 heavy (non-hydrogen) atoms. The van der Waals surface area contributed by atoms with Crippen LogP contribution in [0.1, 0.15) is 17.9 Å². The molecule has 0 amide bonds. The van der Waals surface area contributed by atoms with E-state index in [9.17, 15) is 22.7 Å². The molecule has 4 heterocycles. The van der Waals surface area contributed by atoms with E-state index in [1.54, 1.807) is 36.3 Å². The fourth-order valence-electron chi connectivity index (χ4n) is 4.09. The molecular weight excluding hydrogens is 402 g/mol. The molecule has 2 unspecified atom stereocenters. The molecule has 1 N–H and O–H groups in total. The molecule has 2 aromatic rings. The SMILES string of the molecule is C=CC(O)N1CCC(c2cnc(N3CC(F)(F)C(F)(F)C3)cc2-c2ccn(C)n2)C1. The average molecular weight is 425 g/mol. The lowest BCUT2D eigenvalue weighted by molar-refractivity contribution is -0.172. The van der Waals surface area contributed by atoms with Crippen molar-refractivity contribution >= 4 is 5.82 Å². The van der Waals surface area contributed by atoms with Gasteiger partial charge in [0.15, 0.2) is 0 Å². The van der Waals surface area contributed by atoms with Gasteiger partial charge in [0.2, 0.25) is 0 Å². The Hall–Kier alpha value is -2.46. The average Bonchev–Trinajstić information content (AvgIpc) is 3.39. The second-order valence-corrected chi connectivity index (χ2v) is 7.90. The topological polar surface area (TPSA) is 57.4 Å². The number of pyridine rings is 1. The molecule has 0 aromatic carbocycles. The van der Waals surface area contributed by atoms with Gasteiger partial charge in [-0.05, 0) is 30.2 Å². The Kier molecular flexibility index (Phi) is 5.09. The smallest absolute Gasteiger partial charge is 0.329 e. The summed E-state index contributed by atoms with van der Waals surface area (Å²) in [6.07, 6.45) is 4.76. The number of aryl methyl sites for hydroxylation is 1. The van der Waals surface area contributed by atoms with E-state index in [0.29, 0.717) is 24.3 Å². The van der Waals surface area contributed by atoms with Gasteiger partial charge in [0.25, 0.3) is 0 Å². The zero-order chi connectivity index (χ0) is 21.7. The first-order valence-electron chi connectivity index (χ1n) is 9.66. The molecule has 0 aliphatic carbocycles. The number of rotatable bonds is 5. The van der Waals surface area contributed by atoms with E-state index in [-0.39, 0.29) is 11.7 Å². The van der Waals surface area contributed by atoms with Crippen LogP contribution in [0.4, 0.5) is 23.4 Å². The van der Waals surface area contributed by atoms with Gasteiger partial charge in [-0.3, -0.25) is 9.58 Å². The van der Waals surface area contributed by atoms with Gasteiger partial charge < -0.3 is 10.0 Å². The normalized spacial score (nSPS) is 24.3. The minimum atomic E-state index is -4.11. The van der Waals surface area contributed by atoms with Gasteiger partial charge in [0, 0.05) is 44.0 Å². The summed E-state index contributed by atoms with van der Waals surface area (Å²) in [6.45, 7) is 2.65. The molecule has 10 heteroatoms. The van der Waals surface area contributed by atoms with Crippen molar-refractivity contribution in [2.75, 3.05) is 31.1 Å². The van der Waals surface area contributed by atoms with Gasteiger partial charge in [0.05, 0.1) is 18.8 Å². The van der Waals surface area contributed by atoms with Crippen LogP contribution >= 0.6 is 0 Å². The first-order valence-corrected chi connectivity index (χ1v) is 9.66. The van der Waals surface area contributed by atoms with E-state index in [2.05, 4.69) is 16.7 Å². The number of aromatic nitrogens is 3. The third-order valence-corrected chi connectivity index (χ3v) is 5.79. The maximum Gasteiger partial charge on any atom is 0.329 e. The van der Waals surface area contributed by atoms with Gasteiger partial charge in [-0.15, -0.1) is 0 Å². The lowest BCUT2D eigenvalue weighted by Crippen LogP contribution is -2.38. The summed E-state index contributed by atoms with van der Waals surface area (Å²) >= 11 is 0. The first kappa shape index (κ1) is 20.8. The maximum absolute atomic E-state index is 13.7. The Balaban J connectivity index is 1.69. The molecule has 6 nitrogen and oxygen atoms in total. The Morgan fingerprint density at radius 2 is 1.97 bits per heavy atom. The molecule has 2 saturated heterocycles. The standard InChI is InChI=1S/C20H23F4N5O/c1-3-18(30)28-7-4-13(10-28)15-9-25-17(8-14(15)16-5-6-27(2)26-16)29-11-19(21,22)20(23,24)12-29/h3,5-6,8-9,13,18,30H,1,4,7,10-12H2,2H3. The number of halogens is 4. The number of nitrogens with zero attached hydrogens (tertiary/aromatic N) is 5. The summed E-state index contributed by atoms with van der Waals surface area (Å²) in [6, 6.07) is 3.34. The summed E-state index contributed by atoms with van der Waals surface area (Å²) < 4.78 is 56.4. The van der Waals surface area contributed by atoms with Crippen LogP contribution in [0, 0.1) is 0 Å². The predicted octanol–water partition coefficient (Wildman–Crippen LogP) is 2.87. The Labute approximate surface area is 171 Å². The quantitative estimate of drug-likeness (QED) is 0.590. The second kappa shape index (κ2) is 7.35. The molecule has 0 bridgehead atoms. The van der Waals surface area contributed by atoms with Crippen LogP contribution < -0.4 is 4.90 Å². The van der Waals surface area contributed by atoms with Crippen molar-refractivity contribution in [3.63, 3.8) is 0 Å². The highest BCUT2D eigenvalue weighted by Crippen LogP contribution is 2.43. The van der Waals surface area contributed by atoms with E-state index < -0.39 is 31.2 Å². The van der Waals surface area contributed by atoms with Crippen LogP contribution in [0.15, 0.2) is 37.2 Å². The number of hydrogen-bond acceptors (Lipinski definition) is 5. The number of hydrogen-bond donors (Lipinski definition) is 1. The van der Waals surface area contributed by atoms with Crippen molar-refractivity contribution in [1.82, 2.24) is 19.7 Å². The molecule has 2 atom stereocenters. The third-order valence-electron chi connectivity index (χ3n) is 5.79. The summed E-state index contributed by atoms with van der Waals surface area (Å²) in [7, 11) is 1.75. The zero-order valence-corrected chi connectivity index (χ0v) is 16.5. The molecule has 2 fully saturated rings. The fraction of sp³-hybridized carbons (Fsp3) is 0.500. The van der Waals surface area contributed by atoms with Crippen LogP contribution in [-0.2, 0) is 7.05 Å². The molecular formula is C20H23F4N5O. The zero-order valence-electron chi connectivity index (χ0n) is 16.5. The largest absolute Gasteiger partial charge is 0.375 e. The van der Waals surface area contributed by atoms with Crippen LogP contribution in [0.2, 0.25) is 0 Å². The number of alkyl halides is 4. The van der Waals surface area contributed by atoms with Crippen molar-refractivity contribution in [3.8, 4) is 11.3 Å². The molecule has 162 valence electrons. The van der Waals surface area contributed by atoms with Gasteiger partial charge in [-0.1, -0.05) is 6.58 Å². The summed E-state index contributed by atoms with van der Waals surface area (Å²) in [5, 5.41) is 14.4. The van der Waals surface area contributed by atoms with Crippen molar-refractivity contribution in [2.24, 2.45) is 7.05 Å². The molecule has 0 spiro atoms. The summed E-state index contributed by atoms with van der Waals surface area (Å²) in [5.74, 6) is -8.12. The monoisotopic (exact) mass is 425 g/mol. The van der Waals surface area contributed by atoms with E-state index in [1.165, 1.54) is 6.08 Å². The van der Waals surface area contributed by atoms with Crippen LogP contribution in [0.3, 0.4) is 0 Å². The first-order chi connectivity index (χ1) is 14.1. The van der Waals surface area contributed by atoms with E-state index in [0.717, 1.165) is 16.9 Å². The van der Waals surface area contributed by atoms with Crippen molar-refractivity contribution < 1.29 is 22.7 Å². The molecule has 0 radical (unpaired) electrons. The third kappa shape index (κ3) is 3.58. The maximum atomic E-state index is 13.7. The number of aliphatic hydroxyl groups excluding tert-OH is 1. The number of anilines is 1.